The van der Waals surface area contributed by atoms with E-state index in [9.17, 15) is 18.0 Å². The fourth-order valence-corrected chi connectivity index (χ4v) is 4.44. The van der Waals surface area contributed by atoms with E-state index < -0.39 is 28.0 Å². The highest BCUT2D eigenvalue weighted by atomic mass is 35.5. The molecule has 0 spiro atoms. The Bertz CT molecular complexity index is 1090. The fraction of sp³-hybridized carbons (Fsp3) is 0.300. The van der Waals surface area contributed by atoms with Crippen molar-refractivity contribution in [2.45, 2.75) is 17.9 Å². The second kappa shape index (κ2) is 9.65. The van der Waals surface area contributed by atoms with Gasteiger partial charge in [-0.3, -0.25) is 4.79 Å². The van der Waals surface area contributed by atoms with E-state index in [1.54, 1.807) is 6.07 Å². The zero-order chi connectivity index (χ0) is 22.6. The monoisotopic (exact) mass is 467 g/mol. The molecule has 1 fully saturated rings. The maximum atomic E-state index is 12.8. The summed E-state index contributed by atoms with van der Waals surface area (Å²) in [5.74, 6) is -1.36. The predicted octanol–water partition coefficient (Wildman–Crippen LogP) is 2.13. The summed E-state index contributed by atoms with van der Waals surface area (Å²) in [4.78, 5) is 24.7. The molecular weight excluding hydrogens is 446 g/mol. The van der Waals surface area contributed by atoms with E-state index in [0.717, 1.165) is 0 Å². The van der Waals surface area contributed by atoms with E-state index in [2.05, 4.69) is 5.32 Å². The van der Waals surface area contributed by atoms with Crippen molar-refractivity contribution in [3.8, 4) is 0 Å². The van der Waals surface area contributed by atoms with Gasteiger partial charge in [0.05, 0.1) is 34.4 Å². The highest BCUT2D eigenvalue weighted by molar-refractivity contribution is 7.89. The largest absolute Gasteiger partial charge is 0.449 e. The number of nitrogens with two attached hydrogens (primary N) is 1. The second-order valence-electron chi connectivity index (χ2n) is 6.82. The van der Waals surface area contributed by atoms with Crippen LogP contribution in [0.1, 0.15) is 17.3 Å². The quantitative estimate of drug-likeness (QED) is 0.492. The molecule has 2 aromatic rings. The van der Waals surface area contributed by atoms with Gasteiger partial charge in [0, 0.05) is 18.8 Å². The normalized spacial score (nSPS) is 15.8. The number of carbonyl (C=O) groups is 2. The molecule has 3 N–H and O–H groups in total. The van der Waals surface area contributed by atoms with Crippen LogP contribution < -0.4 is 11.1 Å². The number of nitrogens with zero attached hydrogens (tertiary/aromatic N) is 1. The highest BCUT2D eigenvalue weighted by Crippen LogP contribution is 2.22. The number of hydrogen-bond donors (Lipinski definition) is 2. The Labute approximate surface area is 185 Å². The van der Waals surface area contributed by atoms with Gasteiger partial charge in [-0.25, -0.2) is 13.2 Å². The molecule has 0 saturated carbocycles. The van der Waals surface area contributed by atoms with Crippen LogP contribution in [0.15, 0.2) is 47.4 Å². The molecular formula is C20H22ClN3O6S. The summed E-state index contributed by atoms with van der Waals surface area (Å²) in [6.07, 6.45) is -1.14. The Morgan fingerprint density at radius 1 is 1.19 bits per heavy atom. The van der Waals surface area contributed by atoms with Gasteiger partial charge in [0.1, 0.15) is 0 Å². The van der Waals surface area contributed by atoms with Crippen molar-refractivity contribution in [1.29, 1.82) is 0 Å². The Balaban J connectivity index is 1.66. The minimum Gasteiger partial charge on any atom is -0.449 e. The number of carbonyl (C=O) groups excluding carboxylic acids is 2. The van der Waals surface area contributed by atoms with Crippen LogP contribution in [0.25, 0.3) is 0 Å². The maximum Gasteiger partial charge on any atom is 0.338 e. The first-order valence-corrected chi connectivity index (χ1v) is 11.2. The molecule has 0 radical (unpaired) electrons. The molecule has 1 amide bonds. The Kier molecular flexibility index (Phi) is 7.16. The Morgan fingerprint density at radius 2 is 1.90 bits per heavy atom. The summed E-state index contributed by atoms with van der Waals surface area (Å²) < 4.78 is 37.3. The van der Waals surface area contributed by atoms with Crippen molar-refractivity contribution in [2.75, 3.05) is 37.4 Å². The predicted molar refractivity (Wildman–Crippen MR) is 115 cm³/mol. The Morgan fingerprint density at radius 3 is 2.58 bits per heavy atom. The van der Waals surface area contributed by atoms with Crippen molar-refractivity contribution >= 4 is 44.9 Å². The van der Waals surface area contributed by atoms with Crippen LogP contribution in [0.2, 0.25) is 5.02 Å². The molecule has 0 aliphatic carbocycles. The van der Waals surface area contributed by atoms with Crippen molar-refractivity contribution in [3.63, 3.8) is 0 Å². The van der Waals surface area contributed by atoms with Crippen LogP contribution in [0.3, 0.4) is 0 Å². The number of sulfonamides is 1. The minimum absolute atomic E-state index is 0.0495. The van der Waals surface area contributed by atoms with E-state index in [4.69, 9.17) is 26.8 Å². The summed E-state index contributed by atoms with van der Waals surface area (Å²) in [6.45, 7) is 2.60. The fourth-order valence-electron chi connectivity index (χ4n) is 2.87. The van der Waals surface area contributed by atoms with Gasteiger partial charge in [-0.15, -0.1) is 0 Å². The molecule has 1 saturated heterocycles. The van der Waals surface area contributed by atoms with Gasteiger partial charge in [-0.2, -0.15) is 4.31 Å². The van der Waals surface area contributed by atoms with Crippen molar-refractivity contribution in [1.82, 2.24) is 4.31 Å². The number of halogens is 1. The number of rotatable bonds is 6. The summed E-state index contributed by atoms with van der Waals surface area (Å²) in [6, 6.07) is 10.1. The molecule has 1 atom stereocenters. The lowest BCUT2D eigenvalue weighted by molar-refractivity contribution is -0.123. The maximum absolute atomic E-state index is 12.8. The molecule has 31 heavy (non-hydrogen) atoms. The summed E-state index contributed by atoms with van der Waals surface area (Å²) in [5, 5.41) is 2.87. The highest BCUT2D eigenvalue weighted by Gasteiger charge is 2.27. The first kappa shape index (κ1) is 23.0. The lowest BCUT2D eigenvalue weighted by Crippen LogP contribution is -2.40. The lowest BCUT2D eigenvalue weighted by Gasteiger charge is -2.26. The van der Waals surface area contributed by atoms with Gasteiger partial charge in [0.15, 0.2) is 6.10 Å². The molecule has 0 unspecified atom stereocenters. The molecule has 11 heteroatoms. The number of benzene rings is 2. The third kappa shape index (κ3) is 5.53. The van der Waals surface area contributed by atoms with Gasteiger partial charge in [-0.1, -0.05) is 17.7 Å². The van der Waals surface area contributed by atoms with E-state index in [1.807, 2.05) is 0 Å². The lowest BCUT2D eigenvalue weighted by atomic mass is 10.2. The van der Waals surface area contributed by atoms with E-state index >= 15 is 0 Å². The summed E-state index contributed by atoms with van der Waals surface area (Å²) in [7, 11) is -3.71. The van der Waals surface area contributed by atoms with Crippen LogP contribution in [-0.4, -0.2) is 57.0 Å². The third-order valence-electron chi connectivity index (χ3n) is 4.59. The molecule has 1 aliphatic rings. The molecule has 9 nitrogen and oxygen atoms in total. The number of amides is 1. The van der Waals surface area contributed by atoms with Crippen molar-refractivity contribution in [2.24, 2.45) is 0 Å². The summed E-state index contributed by atoms with van der Waals surface area (Å²) >= 11 is 5.83. The molecule has 2 aromatic carbocycles. The standard InChI is InChI=1S/C20H22ClN3O6S/c1-13(30-20(26)14-5-6-17(21)18(22)11-14)19(25)23-15-3-2-4-16(12-15)31(27,28)24-7-9-29-10-8-24/h2-6,11-13H,7-10,22H2,1H3,(H,23,25)/t13-/m0/s1. The van der Waals surface area contributed by atoms with E-state index in [-0.39, 0.29) is 34.9 Å². The first-order chi connectivity index (χ1) is 14.7. The number of esters is 1. The molecule has 0 bridgehead atoms. The molecule has 1 aliphatic heterocycles. The summed E-state index contributed by atoms with van der Waals surface area (Å²) in [5.41, 5.74) is 6.31. The van der Waals surface area contributed by atoms with Gasteiger partial charge in [0.2, 0.25) is 10.0 Å². The number of hydrogen-bond acceptors (Lipinski definition) is 7. The molecule has 1 heterocycles. The van der Waals surface area contributed by atoms with Crippen LogP contribution in [-0.2, 0) is 24.3 Å². The van der Waals surface area contributed by atoms with Crippen LogP contribution in [0.5, 0.6) is 0 Å². The number of ether oxygens (including phenoxy) is 2. The van der Waals surface area contributed by atoms with Crippen molar-refractivity contribution in [3.05, 3.63) is 53.1 Å². The topological polar surface area (TPSA) is 128 Å². The third-order valence-corrected chi connectivity index (χ3v) is 6.83. The van der Waals surface area contributed by atoms with Crippen LogP contribution in [0, 0.1) is 0 Å². The second-order valence-corrected chi connectivity index (χ2v) is 9.16. The number of morpholine rings is 1. The smallest absolute Gasteiger partial charge is 0.338 e. The number of anilines is 2. The molecule has 0 aromatic heterocycles. The number of nitrogen functional groups attached to an aromatic ring is 1. The molecule has 166 valence electrons. The minimum atomic E-state index is -3.71. The zero-order valence-corrected chi connectivity index (χ0v) is 18.3. The average molecular weight is 468 g/mol. The number of nitrogens with one attached hydrogen (secondary N) is 1. The van der Waals surface area contributed by atoms with E-state index in [0.29, 0.717) is 18.2 Å². The van der Waals surface area contributed by atoms with Gasteiger partial charge in [-0.05, 0) is 43.3 Å². The SMILES string of the molecule is C[C@H](OC(=O)c1ccc(Cl)c(N)c1)C(=O)Nc1cccc(S(=O)(=O)N2CCOCC2)c1. The van der Waals surface area contributed by atoms with Crippen LogP contribution in [0.4, 0.5) is 11.4 Å². The Hall–Kier alpha value is -2.66. The first-order valence-electron chi connectivity index (χ1n) is 9.43. The average Bonchev–Trinajstić information content (AvgIpc) is 2.76. The molecule has 3 rings (SSSR count). The van der Waals surface area contributed by atoms with Crippen molar-refractivity contribution < 1.29 is 27.5 Å². The van der Waals surface area contributed by atoms with Gasteiger partial charge in [0.25, 0.3) is 5.91 Å². The zero-order valence-electron chi connectivity index (χ0n) is 16.7. The van der Waals surface area contributed by atoms with Gasteiger partial charge >= 0.3 is 5.97 Å². The van der Waals surface area contributed by atoms with Gasteiger partial charge < -0.3 is 20.5 Å². The van der Waals surface area contributed by atoms with E-state index in [1.165, 1.54) is 47.6 Å². The van der Waals surface area contributed by atoms with Crippen LogP contribution >= 0.6 is 11.6 Å².